The number of ether oxygens (including phenoxy) is 2. The van der Waals surface area contributed by atoms with Gasteiger partial charge < -0.3 is 19.7 Å². The van der Waals surface area contributed by atoms with E-state index in [1.165, 1.54) is 0 Å². The molecule has 1 N–H and O–H groups in total. The van der Waals surface area contributed by atoms with Crippen molar-refractivity contribution in [2.45, 2.75) is 31.4 Å². The molecule has 2 amide bonds. The first kappa shape index (κ1) is 14.2. The molecule has 6 atom stereocenters. The summed E-state index contributed by atoms with van der Waals surface area (Å²) < 4.78 is 11.2. The van der Waals surface area contributed by atoms with Gasteiger partial charge >= 0.3 is 0 Å². The highest BCUT2D eigenvalue weighted by molar-refractivity contribution is 5.85. The van der Waals surface area contributed by atoms with Crippen molar-refractivity contribution >= 4 is 11.8 Å². The highest BCUT2D eigenvalue weighted by atomic mass is 16.5. The number of carbonyl (C=O) groups excluding carboxylic acids is 2. The average Bonchev–Trinajstić information content (AvgIpc) is 3.37. The number of likely N-dealkylation sites (tertiary alicyclic amines) is 1. The Morgan fingerprint density at radius 3 is 2.52 bits per heavy atom. The fourth-order valence-electron chi connectivity index (χ4n) is 4.79. The van der Waals surface area contributed by atoms with Crippen LogP contribution in [0.25, 0.3) is 0 Å². The van der Waals surface area contributed by atoms with Crippen molar-refractivity contribution in [2.75, 3.05) is 32.9 Å². The third-order valence-corrected chi connectivity index (χ3v) is 6.40. The van der Waals surface area contributed by atoms with Crippen LogP contribution in [0.1, 0.15) is 19.3 Å². The van der Waals surface area contributed by atoms with Gasteiger partial charge in [0.15, 0.2) is 0 Å². The van der Waals surface area contributed by atoms with Gasteiger partial charge in [-0.25, -0.2) is 0 Å². The molecule has 0 aromatic heterocycles. The van der Waals surface area contributed by atoms with E-state index in [4.69, 9.17) is 9.47 Å². The van der Waals surface area contributed by atoms with Crippen LogP contribution in [-0.2, 0) is 19.1 Å². The van der Waals surface area contributed by atoms with E-state index in [1.807, 2.05) is 4.90 Å². The van der Waals surface area contributed by atoms with Crippen molar-refractivity contribution in [2.24, 2.45) is 29.6 Å². The quantitative estimate of drug-likeness (QED) is 0.796. The van der Waals surface area contributed by atoms with Gasteiger partial charge in [-0.1, -0.05) is 0 Å². The third-order valence-electron chi connectivity index (χ3n) is 6.40. The molecule has 3 heterocycles. The highest BCUT2D eigenvalue weighted by Gasteiger charge is 2.60. The first-order chi connectivity index (χ1) is 11.2. The number of amides is 2. The molecule has 3 saturated heterocycles. The van der Waals surface area contributed by atoms with Gasteiger partial charge in [-0.05, 0) is 31.1 Å². The molecule has 2 aliphatic carbocycles. The lowest BCUT2D eigenvalue weighted by atomic mass is 9.82. The van der Waals surface area contributed by atoms with E-state index in [0.29, 0.717) is 37.6 Å². The van der Waals surface area contributed by atoms with E-state index in [9.17, 15) is 9.59 Å². The first-order valence-corrected chi connectivity index (χ1v) is 9.01. The molecule has 0 aromatic rings. The van der Waals surface area contributed by atoms with Crippen molar-refractivity contribution < 1.29 is 19.1 Å². The minimum absolute atomic E-state index is 0.0393. The monoisotopic (exact) mass is 320 g/mol. The van der Waals surface area contributed by atoms with Crippen LogP contribution in [0.4, 0.5) is 0 Å². The molecule has 5 fully saturated rings. The molecule has 6 heteroatoms. The maximum Gasteiger partial charge on any atom is 0.226 e. The number of carbonyl (C=O) groups is 2. The van der Waals surface area contributed by atoms with Crippen LogP contribution in [-0.4, -0.2) is 61.8 Å². The summed E-state index contributed by atoms with van der Waals surface area (Å²) in [5.74, 6) is 1.50. The molecule has 0 radical (unpaired) electrons. The van der Waals surface area contributed by atoms with Gasteiger partial charge in [0.25, 0.3) is 0 Å². The molecule has 1 unspecified atom stereocenters. The van der Waals surface area contributed by atoms with Crippen LogP contribution < -0.4 is 5.32 Å². The molecule has 3 aliphatic heterocycles. The average molecular weight is 320 g/mol. The standard InChI is InChI=1S/C17H24N2O4/c20-16(18-9-1-2-9)11-5-19(6-14-10(11)3-4-23-14)17(21)15-12-7-22-8-13(12)15/h9-15H,1-8H2,(H,18,20)/t10-,11+,12-,13+,14+,15?/m0/s1. The smallest absolute Gasteiger partial charge is 0.226 e. The Labute approximate surface area is 135 Å². The molecule has 5 aliphatic rings. The SMILES string of the molecule is O=C(NC1CC1)[C@@H]1CN(C(=O)C2[C@H]3COC[C@@H]23)C[C@H]2OCC[C@H]21. The molecule has 0 aromatic carbocycles. The zero-order chi connectivity index (χ0) is 15.6. The lowest BCUT2D eigenvalue weighted by Gasteiger charge is -2.39. The fraction of sp³-hybridized carbons (Fsp3) is 0.882. The minimum Gasteiger partial charge on any atom is -0.381 e. The van der Waals surface area contributed by atoms with Gasteiger partial charge in [0.05, 0.1) is 25.2 Å². The maximum absolute atomic E-state index is 12.8. The zero-order valence-corrected chi connectivity index (χ0v) is 13.3. The van der Waals surface area contributed by atoms with Gasteiger partial charge in [0.2, 0.25) is 11.8 Å². The van der Waals surface area contributed by atoms with E-state index >= 15 is 0 Å². The lowest BCUT2D eigenvalue weighted by molar-refractivity contribution is -0.143. The summed E-state index contributed by atoms with van der Waals surface area (Å²) in [4.78, 5) is 27.4. The Hall–Kier alpha value is -1.14. The molecule has 23 heavy (non-hydrogen) atoms. The third kappa shape index (κ3) is 2.38. The zero-order valence-electron chi connectivity index (χ0n) is 13.3. The molecule has 0 spiro atoms. The number of hydrogen-bond donors (Lipinski definition) is 1. The highest BCUT2D eigenvalue weighted by Crippen LogP contribution is 2.52. The minimum atomic E-state index is -0.101. The summed E-state index contributed by atoms with van der Waals surface area (Å²) >= 11 is 0. The summed E-state index contributed by atoms with van der Waals surface area (Å²) in [5, 5.41) is 3.13. The summed E-state index contributed by atoms with van der Waals surface area (Å²) in [6.07, 6.45) is 3.17. The van der Waals surface area contributed by atoms with Gasteiger partial charge in [-0.2, -0.15) is 0 Å². The molecule has 5 rings (SSSR count). The number of rotatable bonds is 3. The summed E-state index contributed by atoms with van der Waals surface area (Å²) in [5.41, 5.74) is 0. The second-order valence-corrected chi connectivity index (χ2v) is 7.89. The molecule has 0 bridgehead atoms. The second-order valence-electron chi connectivity index (χ2n) is 7.89. The topological polar surface area (TPSA) is 67.9 Å². The number of piperidine rings is 1. The van der Waals surface area contributed by atoms with Crippen LogP contribution in [0.15, 0.2) is 0 Å². The Bertz CT molecular complexity index is 525. The normalized spacial score (nSPS) is 44.6. The Kier molecular flexibility index (Phi) is 3.20. The van der Waals surface area contributed by atoms with Gasteiger partial charge in [-0.3, -0.25) is 9.59 Å². The number of nitrogens with zero attached hydrogens (tertiary/aromatic N) is 1. The maximum atomic E-state index is 12.8. The van der Waals surface area contributed by atoms with Gasteiger partial charge in [0, 0.05) is 37.6 Å². The molecular formula is C17H24N2O4. The first-order valence-electron chi connectivity index (χ1n) is 9.01. The second kappa shape index (κ2) is 5.18. The van der Waals surface area contributed by atoms with Crippen molar-refractivity contribution in [1.29, 1.82) is 0 Å². The predicted octanol–water partition coefficient (Wildman–Crippen LogP) is 0.0209. The van der Waals surface area contributed by atoms with Crippen molar-refractivity contribution in [1.82, 2.24) is 10.2 Å². The van der Waals surface area contributed by atoms with E-state index in [-0.39, 0.29) is 35.7 Å². The van der Waals surface area contributed by atoms with E-state index in [2.05, 4.69) is 5.32 Å². The Balaban J connectivity index is 1.30. The molecular weight excluding hydrogens is 296 g/mol. The van der Waals surface area contributed by atoms with E-state index in [0.717, 1.165) is 32.5 Å². The molecule has 126 valence electrons. The summed E-state index contributed by atoms with van der Waals surface area (Å²) in [6, 6.07) is 0.370. The van der Waals surface area contributed by atoms with Crippen LogP contribution in [0.3, 0.4) is 0 Å². The number of fused-ring (bicyclic) bond motifs is 2. The van der Waals surface area contributed by atoms with Gasteiger partial charge in [-0.15, -0.1) is 0 Å². The van der Waals surface area contributed by atoms with Crippen LogP contribution in [0.2, 0.25) is 0 Å². The van der Waals surface area contributed by atoms with Crippen LogP contribution in [0, 0.1) is 29.6 Å². The van der Waals surface area contributed by atoms with Crippen molar-refractivity contribution in [3.8, 4) is 0 Å². The van der Waals surface area contributed by atoms with Crippen LogP contribution in [0.5, 0.6) is 0 Å². The Morgan fingerprint density at radius 2 is 1.78 bits per heavy atom. The molecule has 6 nitrogen and oxygen atoms in total. The van der Waals surface area contributed by atoms with E-state index < -0.39 is 0 Å². The largest absolute Gasteiger partial charge is 0.381 e. The summed E-state index contributed by atoms with van der Waals surface area (Å²) in [7, 11) is 0. The lowest BCUT2D eigenvalue weighted by Crippen LogP contribution is -2.55. The van der Waals surface area contributed by atoms with Crippen molar-refractivity contribution in [3.63, 3.8) is 0 Å². The van der Waals surface area contributed by atoms with Crippen molar-refractivity contribution in [3.05, 3.63) is 0 Å². The Morgan fingerprint density at radius 1 is 1.00 bits per heavy atom. The number of nitrogens with one attached hydrogen (secondary N) is 1. The van der Waals surface area contributed by atoms with E-state index in [1.54, 1.807) is 0 Å². The summed E-state index contributed by atoms with van der Waals surface area (Å²) in [6.45, 7) is 3.39. The molecule has 2 saturated carbocycles. The fourth-order valence-corrected chi connectivity index (χ4v) is 4.79. The van der Waals surface area contributed by atoms with Crippen LogP contribution >= 0.6 is 0 Å². The number of hydrogen-bond acceptors (Lipinski definition) is 4. The van der Waals surface area contributed by atoms with Gasteiger partial charge in [0.1, 0.15) is 0 Å². The predicted molar refractivity (Wildman–Crippen MR) is 80.4 cm³/mol.